The lowest BCUT2D eigenvalue weighted by Gasteiger charge is -2.31. The zero-order valence-corrected chi connectivity index (χ0v) is 20.0. The molecule has 0 saturated carbocycles. The van der Waals surface area contributed by atoms with E-state index in [9.17, 15) is 13.2 Å². The van der Waals surface area contributed by atoms with Crippen LogP contribution in [0.1, 0.15) is 43.4 Å². The van der Waals surface area contributed by atoms with Crippen LogP contribution in [-0.2, 0) is 21.2 Å². The highest BCUT2D eigenvalue weighted by molar-refractivity contribution is 7.92. The molecule has 7 heteroatoms. The number of nitrogens with one attached hydrogen (secondary N) is 1. The van der Waals surface area contributed by atoms with E-state index in [4.69, 9.17) is 4.74 Å². The zero-order valence-electron chi connectivity index (χ0n) is 19.1. The number of rotatable bonds is 11. The van der Waals surface area contributed by atoms with Crippen LogP contribution in [0.15, 0.2) is 42.5 Å². The van der Waals surface area contributed by atoms with Crippen molar-refractivity contribution in [3.8, 4) is 5.75 Å². The lowest BCUT2D eigenvalue weighted by molar-refractivity contribution is -0.122. The number of anilines is 1. The van der Waals surface area contributed by atoms with Gasteiger partial charge in [0, 0.05) is 6.54 Å². The molecule has 0 bridgehead atoms. The van der Waals surface area contributed by atoms with Gasteiger partial charge < -0.3 is 10.1 Å². The summed E-state index contributed by atoms with van der Waals surface area (Å²) in [6.07, 6.45) is 3.11. The van der Waals surface area contributed by atoms with Crippen LogP contribution in [0.25, 0.3) is 0 Å². The highest BCUT2D eigenvalue weighted by Crippen LogP contribution is 2.27. The van der Waals surface area contributed by atoms with Crippen molar-refractivity contribution < 1.29 is 17.9 Å². The number of ether oxygens (including phenoxy) is 1. The second-order valence-electron chi connectivity index (χ2n) is 7.74. The molecule has 1 amide bonds. The summed E-state index contributed by atoms with van der Waals surface area (Å²) in [7, 11) is -3.64. The van der Waals surface area contributed by atoms with E-state index in [1.807, 2.05) is 70.2 Å². The Morgan fingerprint density at radius 1 is 1.10 bits per heavy atom. The van der Waals surface area contributed by atoms with Crippen LogP contribution in [0.5, 0.6) is 5.75 Å². The van der Waals surface area contributed by atoms with Gasteiger partial charge in [-0.3, -0.25) is 9.10 Å². The highest BCUT2D eigenvalue weighted by Gasteiger charge is 2.32. The van der Waals surface area contributed by atoms with Gasteiger partial charge in [0.25, 0.3) is 0 Å². The smallest absolute Gasteiger partial charge is 0.243 e. The first-order chi connectivity index (χ1) is 14.7. The Labute approximate surface area is 186 Å². The molecule has 0 saturated heterocycles. The Balaban J connectivity index is 2.04. The number of nitrogens with zero attached hydrogens (tertiary/aromatic N) is 1. The van der Waals surface area contributed by atoms with Gasteiger partial charge in [0.1, 0.15) is 11.8 Å². The summed E-state index contributed by atoms with van der Waals surface area (Å²) >= 11 is 0. The van der Waals surface area contributed by atoms with Crippen molar-refractivity contribution in [2.24, 2.45) is 0 Å². The van der Waals surface area contributed by atoms with Crippen molar-refractivity contribution >= 4 is 21.6 Å². The predicted octanol–water partition coefficient (Wildman–Crippen LogP) is 4.00. The molecule has 0 heterocycles. The number of carbonyl (C=O) groups excluding carboxylic acids is 1. The van der Waals surface area contributed by atoms with Gasteiger partial charge in [-0.1, -0.05) is 31.2 Å². The normalized spacial score (nSPS) is 12.3. The first kappa shape index (κ1) is 24.7. The van der Waals surface area contributed by atoms with Crippen LogP contribution in [0, 0.1) is 13.8 Å². The molecule has 1 N–H and O–H groups in total. The van der Waals surface area contributed by atoms with Crippen molar-refractivity contribution in [3.63, 3.8) is 0 Å². The Morgan fingerprint density at radius 2 is 1.77 bits per heavy atom. The second-order valence-corrected chi connectivity index (χ2v) is 9.60. The summed E-state index contributed by atoms with van der Waals surface area (Å²) in [4.78, 5) is 12.9. The summed E-state index contributed by atoms with van der Waals surface area (Å²) in [5.41, 5.74) is 3.48. The van der Waals surface area contributed by atoms with Crippen molar-refractivity contribution in [2.45, 2.75) is 53.0 Å². The molecule has 2 aromatic rings. The zero-order chi connectivity index (χ0) is 23.0. The van der Waals surface area contributed by atoms with Crippen molar-refractivity contribution in [2.75, 3.05) is 23.7 Å². The second kappa shape index (κ2) is 11.2. The molecule has 0 aliphatic heterocycles. The van der Waals surface area contributed by atoms with Crippen LogP contribution < -0.4 is 14.4 Å². The minimum Gasteiger partial charge on any atom is -0.494 e. The largest absolute Gasteiger partial charge is 0.494 e. The number of benzene rings is 2. The third kappa shape index (κ3) is 6.99. The van der Waals surface area contributed by atoms with Gasteiger partial charge in [-0.25, -0.2) is 8.42 Å². The first-order valence-corrected chi connectivity index (χ1v) is 12.6. The molecular formula is C24H34N2O4S. The molecule has 1 unspecified atom stereocenters. The summed E-state index contributed by atoms with van der Waals surface area (Å²) in [6.45, 7) is 8.65. The predicted molar refractivity (Wildman–Crippen MR) is 126 cm³/mol. The van der Waals surface area contributed by atoms with E-state index in [2.05, 4.69) is 5.32 Å². The number of sulfonamides is 1. The van der Waals surface area contributed by atoms with E-state index >= 15 is 0 Å². The minimum atomic E-state index is -3.64. The molecule has 0 fully saturated rings. The minimum absolute atomic E-state index is 0.277. The molecule has 1 atom stereocenters. The Kier molecular flexibility index (Phi) is 8.92. The number of hydrogen-bond acceptors (Lipinski definition) is 4. The number of amides is 1. The average molecular weight is 447 g/mol. The third-order valence-corrected chi connectivity index (χ3v) is 6.27. The van der Waals surface area contributed by atoms with E-state index < -0.39 is 16.1 Å². The SMILES string of the molecule is CCOc1ccc(CCCNC(=O)C(CC)N(c2cc(C)ccc2C)S(C)(=O)=O)cc1. The fraction of sp³-hybridized carbons (Fsp3) is 0.458. The molecule has 6 nitrogen and oxygen atoms in total. The van der Waals surface area contributed by atoms with Gasteiger partial charge in [0.2, 0.25) is 15.9 Å². The number of aryl methyl sites for hydroxylation is 3. The van der Waals surface area contributed by atoms with Crippen molar-refractivity contribution in [1.29, 1.82) is 0 Å². The van der Waals surface area contributed by atoms with Crippen LogP contribution in [0.3, 0.4) is 0 Å². The van der Waals surface area contributed by atoms with Crippen LogP contribution in [-0.4, -0.2) is 39.8 Å². The highest BCUT2D eigenvalue weighted by atomic mass is 32.2. The Morgan fingerprint density at radius 3 is 2.35 bits per heavy atom. The van der Waals surface area contributed by atoms with E-state index in [1.54, 1.807) is 0 Å². The molecule has 0 aliphatic rings. The molecule has 2 aromatic carbocycles. The standard InChI is InChI=1S/C24H34N2O4S/c1-6-22(26(31(5,28)29)23-17-18(3)10-11-19(23)4)24(27)25-16-8-9-20-12-14-21(15-13-20)30-7-2/h10-15,17,22H,6-9,16H2,1-5H3,(H,25,27). The monoisotopic (exact) mass is 446 g/mol. The van der Waals surface area contributed by atoms with Crippen LogP contribution >= 0.6 is 0 Å². The molecule has 0 spiro atoms. The van der Waals surface area contributed by atoms with Gasteiger partial charge in [-0.15, -0.1) is 0 Å². The Bertz CT molecular complexity index is 972. The summed E-state index contributed by atoms with van der Waals surface area (Å²) < 4.78 is 32.0. The maximum Gasteiger partial charge on any atom is 0.243 e. The summed E-state index contributed by atoms with van der Waals surface area (Å²) in [5, 5.41) is 2.92. The summed E-state index contributed by atoms with van der Waals surface area (Å²) in [6, 6.07) is 12.8. The van der Waals surface area contributed by atoms with E-state index in [1.165, 1.54) is 4.31 Å². The van der Waals surface area contributed by atoms with Gasteiger partial charge in [-0.05, 0) is 74.9 Å². The number of carbonyl (C=O) groups is 1. The molecule has 2 rings (SSSR count). The molecule has 31 heavy (non-hydrogen) atoms. The van der Waals surface area contributed by atoms with Crippen molar-refractivity contribution in [1.82, 2.24) is 5.32 Å². The third-order valence-electron chi connectivity index (χ3n) is 5.11. The molecular weight excluding hydrogens is 412 g/mol. The van der Waals surface area contributed by atoms with Crippen LogP contribution in [0.4, 0.5) is 5.69 Å². The quantitative estimate of drug-likeness (QED) is 0.530. The van der Waals surface area contributed by atoms with Gasteiger partial charge in [0.05, 0.1) is 18.6 Å². The molecule has 0 radical (unpaired) electrons. The topological polar surface area (TPSA) is 75.7 Å². The average Bonchev–Trinajstić information content (AvgIpc) is 2.71. The number of hydrogen-bond donors (Lipinski definition) is 1. The maximum atomic E-state index is 12.9. The fourth-order valence-corrected chi connectivity index (χ4v) is 4.79. The maximum absolute atomic E-state index is 12.9. The molecule has 170 valence electrons. The van der Waals surface area contributed by atoms with E-state index in [0.29, 0.717) is 25.3 Å². The molecule has 0 aliphatic carbocycles. The molecule has 0 aromatic heterocycles. The lowest BCUT2D eigenvalue weighted by Crippen LogP contribution is -2.49. The fourth-order valence-electron chi connectivity index (χ4n) is 3.53. The van der Waals surface area contributed by atoms with Gasteiger partial charge in [0.15, 0.2) is 0 Å². The summed E-state index contributed by atoms with van der Waals surface area (Å²) in [5.74, 6) is 0.568. The first-order valence-electron chi connectivity index (χ1n) is 10.7. The Hall–Kier alpha value is -2.54. The van der Waals surface area contributed by atoms with Crippen molar-refractivity contribution in [3.05, 3.63) is 59.2 Å². The van der Waals surface area contributed by atoms with E-state index in [0.717, 1.165) is 41.5 Å². The van der Waals surface area contributed by atoms with Gasteiger partial charge in [-0.2, -0.15) is 0 Å². The lowest BCUT2D eigenvalue weighted by atomic mass is 10.1. The van der Waals surface area contributed by atoms with Gasteiger partial charge >= 0.3 is 0 Å². The van der Waals surface area contributed by atoms with E-state index in [-0.39, 0.29) is 5.91 Å². The van der Waals surface area contributed by atoms with Crippen LogP contribution in [0.2, 0.25) is 0 Å².